The highest BCUT2D eigenvalue weighted by molar-refractivity contribution is 9.10. The molecular formula is C22H19BrN4O. The van der Waals surface area contributed by atoms with Gasteiger partial charge in [0.25, 0.3) is 5.91 Å². The van der Waals surface area contributed by atoms with Gasteiger partial charge < -0.3 is 5.32 Å². The molecule has 0 saturated heterocycles. The average molecular weight is 435 g/mol. The maximum absolute atomic E-state index is 13.0. The van der Waals surface area contributed by atoms with Crippen molar-refractivity contribution in [3.8, 4) is 11.3 Å². The summed E-state index contributed by atoms with van der Waals surface area (Å²) in [6.07, 6.45) is 3.72. The van der Waals surface area contributed by atoms with Crippen LogP contribution >= 0.6 is 15.9 Å². The highest BCUT2D eigenvalue weighted by Crippen LogP contribution is 2.27. The van der Waals surface area contributed by atoms with Crippen LogP contribution in [0.3, 0.4) is 0 Å². The van der Waals surface area contributed by atoms with Crippen LogP contribution in [0.15, 0.2) is 71.5 Å². The second kappa shape index (κ2) is 7.94. The standard InChI is InChI=1S/C22H19BrN4O/c1-2-27-14-15(13-25-27)12-24-22(28)19-11-21(16-6-4-3-5-7-16)26-20-9-8-17(23)10-18(19)20/h3-11,13-14H,2,12H2,1H3,(H,24,28). The normalized spacial score (nSPS) is 10.9. The molecule has 0 saturated carbocycles. The predicted octanol–water partition coefficient (Wildman–Crippen LogP) is 4.81. The Hall–Kier alpha value is -2.99. The van der Waals surface area contributed by atoms with E-state index in [9.17, 15) is 4.79 Å². The van der Waals surface area contributed by atoms with Gasteiger partial charge in [-0.15, -0.1) is 0 Å². The first kappa shape index (κ1) is 18.4. The Bertz CT molecular complexity index is 1140. The highest BCUT2D eigenvalue weighted by atomic mass is 79.9. The number of hydrogen-bond acceptors (Lipinski definition) is 3. The van der Waals surface area contributed by atoms with Crippen molar-refractivity contribution >= 4 is 32.7 Å². The Kier molecular flexibility index (Phi) is 5.21. The summed E-state index contributed by atoms with van der Waals surface area (Å²) in [5.74, 6) is -0.132. The number of carbonyl (C=O) groups excluding carboxylic acids is 1. The van der Waals surface area contributed by atoms with Crippen molar-refractivity contribution in [1.82, 2.24) is 20.1 Å². The van der Waals surface area contributed by atoms with Crippen LogP contribution in [0.1, 0.15) is 22.8 Å². The molecule has 0 atom stereocenters. The van der Waals surface area contributed by atoms with E-state index in [-0.39, 0.29) is 5.91 Å². The number of nitrogens with one attached hydrogen (secondary N) is 1. The summed E-state index contributed by atoms with van der Waals surface area (Å²) in [6, 6.07) is 17.5. The van der Waals surface area contributed by atoms with Crippen molar-refractivity contribution in [3.63, 3.8) is 0 Å². The zero-order chi connectivity index (χ0) is 19.5. The number of pyridine rings is 1. The zero-order valence-corrected chi connectivity index (χ0v) is 17.0. The minimum Gasteiger partial charge on any atom is -0.348 e. The molecule has 2 aromatic heterocycles. The number of halogens is 1. The Labute approximate surface area is 171 Å². The van der Waals surface area contributed by atoms with Crippen LogP contribution in [0.2, 0.25) is 0 Å². The van der Waals surface area contributed by atoms with Gasteiger partial charge in [-0.2, -0.15) is 5.10 Å². The first-order valence-corrected chi connectivity index (χ1v) is 9.88. The van der Waals surface area contributed by atoms with Crippen molar-refractivity contribution in [1.29, 1.82) is 0 Å². The van der Waals surface area contributed by atoms with Crippen LogP contribution < -0.4 is 5.32 Å². The van der Waals surface area contributed by atoms with E-state index in [1.54, 1.807) is 6.20 Å². The topological polar surface area (TPSA) is 59.8 Å². The third-order valence-corrected chi connectivity index (χ3v) is 5.04. The molecule has 140 valence electrons. The molecular weight excluding hydrogens is 416 g/mol. The summed E-state index contributed by atoms with van der Waals surface area (Å²) in [7, 11) is 0. The molecule has 0 bridgehead atoms. The fraction of sp³-hybridized carbons (Fsp3) is 0.136. The fourth-order valence-electron chi connectivity index (χ4n) is 3.09. The minimum atomic E-state index is -0.132. The molecule has 0 radical (unpaired) electrons. The first-order valence-electron chi connectivity index (χ1n) is 9.09. The maximum atomic E-state index is 13.0. The lowest BCUT2D eigenvalue weighted by Crippen LogP contribution is -2.23. The maximum Gasteiger partial charge on any atom is 0.252 e. The van der Waals surface area contributed by atoms with Crippen LogP contribution in [-0.4, -0.2) is 20.7 Å². The van der Waals surface area contributed by atoms with E-state index < -0.39 is 0 Å². The predicted molar refractivity (Wildman–Crippen MR) is 114 cm³/mol. The van der Waals surface area contributed by atoms with Gasteiger partial charge in [-0.1, -0.05) is 46.3 Å². The quantitative estimate of drug-likeness (QED) is 0.490. The molecule has 0 aliphatic heterocycles. The summed E-state index contributed by atoms with van der Waals surface area (Å²) in [5, 5.41) is 8.07. The Morgan fingerprint density at radius 1 is 1.14 bits per heavy atom. The van der Waals surface area contributed by atoms with Gasteiger partial charge in [0.1, 0.15) is 0 Å². The second-order valence-corrected chi connectivity index (χ2v) is 7.39. The number of nitrogens with zero attached hydrogens (tertiary/aromatic N) is 3. The van der Waals surface area contributed by atoms with Gasteiger partial charge in [0.2, 0.25) is 0 Å². The van der Waals surface area contributed by atoms with E-state index in [2.05, 4.69) is 26.3 Å². The molecule has 1 N–H and O–H groups in total. The van der Waals surface area contributed by atoms with Gasteiger partial charge in [-0.3, -0.25) is 9.48 Å². The van der Waals surface area contributed by atoms with Gasteiger partial charge in [0.05, 0.1) is 23.0 Å². The first-order chi connectivity index (χ1) is 13.6. The Morgan fingerprint density at radius 3 is 2.71 bits per heavy atom. The van der Waals surface area contributed by atoms with Gasteiger partial charge in [-0.05, 0) is 31.2 Å². The lowest BCUT2D eigenvalue weighted by Gasteiger charge is -2.11. The Balaban J connectivity index is 1.71. The number of hydrogen-bond donors (Lipinski definition) is 1. The number of rotatable bonds is 5. The molecule has 0 aliphatic rings. The van der Waals surface area contributed by atoms with E-state index in [1.807, 2.05) is 72.4 Å². The van der Waals surface area contributed by atoms with Crippen LogP contribution in [0.5, 0.6) is 0 Å². The van der Waals surface area contributed by atoms with E-state index in [0.29, 0.717) is 12.1 Å². The average Bonchev–Trinajstić information content (AvgIpc) is 3.20. The van der Waals surface area contributed by atoms with E-state index in [1.165, 1.54) is 0 Å². The smallest absolute Gasteiger partial charge is 0.252 e. The number of amides is 1. The molecule has 0 spiro atoms. The lowest BCUT2D eigenvalue weighted by atomic mass is 10.0. The summed E-state index contributed by atoms with van der Waals surface area (Å²) in [4.78, 5) is 17.8. The van der Waals surface area contributed by atoms with Crippen molar-refractivity contribution in [3.05, 3.63) is 82.6 Å². The zero-order valence-electron chi connectivity index (χ0n) is 15.4. The number of aryl methyl sites for hydroxylation is 1. The Morgan fingerprint density at radius 2 is 1.96 bits per heavy atom. The van der Waals surface area contributed by atoms with E-state index >= 15 is 0 Å². The summed E-state index contributed by atoms with van der Waals surface area (Å²) in [6.45, 7) is 3.26. The largest absolute Gasteiger partial charge is 0.348 e. The number of benzene rings is 2. The molecule has 2 heterocycles. The van der Waals surface area contributed by atoms with Gasteiger partial charge in [-0.25, -0.2) is 4.98 Å². The molecule has 5 nitrogen and oxygen atoms in total. The van der Waals surface area contributed by atoms with E-state index in [0.717, 1.165) is 38.7 Å². The van der Waals surface area contributed by atoms with Crippen molar-refractivity contribution < 1.29 is 4.79 Å². The fourth-order valence-corrected chi connectivity index (χ4v) is 3.45. The molecule has 0 unspecified atom stereocenters. The van der Waals surface area contributed by atoms with Crippen molar-refractivity contribution in [2.75, 3.05) is 0 Å². The molecule has 0 fully saturated rings. The summed E-state index contributed by atoms with van der Waals surface area (Å²) < 4.78 is 2.75. The third kappa shape index (κ3) is 3.82. The summed E-state index contributed by atoms with van der Waals surface area (Å²) in [5.41, 5.74) is 4.12. The monoisotopic (exact) mass is 434 g/mol. The van der Waals surface area contributed by atoms with Crippen molar-refractivity contribution in [2.24, 2.45) is 0 Å². The van der Waals surface area contributed by atoms with Crippen LogP contribution in [-0.2, 0) is 13.1 Å². The third-order valence-electron chi connectivity index (χ3n) is 4.55. The van der Waals surface area contributed by atoms with Crippen LogP contribution in [0, 0.1) is 0 Å². The van der Waals surface area contributed by atoms with Crippen LogP contribution in [0.4, 0.5) is 0 Å². The van der Waals surface area contributed by atoms with E-state index in [4.69, 9.17) is 4.98 Å². The number of fused-ring (bicyclic) bond motifs is 1. The van der Waals surface area contributed by atoms with Gasteiger partial charge in [0, 0.05) is 40.3 Å². The van der Waals surface area contributed by atoms with Gasteiger partial charge >= 0.3 is 0 Å². The molecule has 1 amide bonds. The second-order valence-electron chi connectivity index (χ2n) is 6.47. The molecule has 2 aromatic carbocycles. The minimum absolute atomic E-state index is 0.132. The lowest BCUT2D eigenvalue weighted by molar-refractivity contribution is 0.0952. The molecule has 28 heavy (non-hydrogen) atoms. The van der Waals surface area contributed by atoms with Crippen molar-refractivity contribution in [2.45, 2.75) is 20.0 Å². The van der Waals surface area contributed by atoms with Gasteiger partial charge in [0.15, 0.2) is 0 Å². The summed E-state index contributed by atoms with van der Waals surface area (Å²) >= 11 is 3.50. The highest BCUT2D eigenvalue weighted by Gasteiger charge is 2.14. The molecule has 4 rings (SSSR count). The number of aromatic nitrogens is 3. The molecule has 0 aliphatic carbocycles. The molecule has 4 aromatic rings. The molecule has 6 heteroatoms. The SMILES string of the molecule is CCn1cc(CNC(=O)c2cc(-c3ccccc3)nc3ccc(Br)cc23)cn1. The van der Waals surface area contributed by atoms with Crippen LogP contribution in [0.25, 0.3) is 22.2 Å². The number of carbonyl (C=O) groups is 1.